The van der Waals surface area contributed by atoms with Crippen molar-refractivity contribution in [2.45, 2.75) is 93.9 Å². The van der Waals surface area contributed by atoms with Gasteiger partial charge in [0.15, 0.2) is 10.1 Å². The SMILES string of the molecule is CCOc1ccc2nc(SC[C@]3(O)CC[C@H]4c5ccc(cc5C(=O)c5cccc(C(F)(F)F)c5)C[C@@H](O)CCC(C)=CCC[C@@]43C)sc2c1. The maximum Gasteiger partial charge on any atom is 0.416 e. The Morgan fingerprint density at radius 2 is 1.92 bits per heavy atom. The van der Waals surface area contributed by atoms with Crippen molar-refractivity contribution in [3.63, 3.8) is 0 Å². The van der Waals surface area contributed by atoms with Crippen molar-refractivity contribution in [3.8, 4) is 5.75 Å². The van der Waals surface area contributed by atoms with Crippen LogP contribution in [-0.2, 0) is 12.6 Å². The van der Waals surface area contributed by atoms with E-state index in [1.54, 1.807) is 17.4 Å². The van der Waals surface area contributed by atoms with E-state index in [0.29, 0.717) is 56.4 Å². The fourth-order valence-corrected chi connectivity index (χ4v) is 9.96. The van der Waals surface area contributed by atoms with Crippen LogP contribution in [0.1, 0.15) is 97.8 Å². The smallest absolute Gasteiger partial charge is 0.416 e. The number of alkyl halides is 3. The molecule has 0 unspecified atom stereocenters. The molecular weight excluding hydrogens is 668 g/mol. The lowest BCUT2D eigenvalue weighted by atomic mass is 9.65. The number of hydrogen-bond acceptors (Lipinski definition) is 7. The highest BCUT2D eigenvalue weighted by molar-refractivity contribution is 8.01. The fraction of sp³-hybridized carbons (Fsp3) is 0.436. The van der Waals surface area contributed by atoms with E-state index in [0.717, 1.165) is 50.0 Å². The number of thioether (sulfide) groups is 1. The number of allylic oxidation sites excluding steroid dienone is 2. The minimum atomic E-state index is -4.59. The third-order valence-electron chi connectivity index (χ3n) is 10.5. The Labute approximate surface area is 293 Å². The van der Waals surface area contributed by atoms with Gasteiger partial charge < -0.3 is 14.9 Å². The summed E-state index contributed by atoms with van der Waals surface area (Å²) in [6.45, 7) is 6.69. The summed E-state index contributed by atoms with van der Waals surface area (Å²) >= 11 is 3.10. The number of nitrogens with zero attached hydrogens (tertiary/aromatic N) is 1. The molecule has 3 aliphatic rings. The van der Waals surface area contributed by atoms with Gasteiger partial charge >= 0.3 is 6.18 Å². The van der Waals surface area contributed by atoms with Crippen molar-refractivity contribution in [3.05, 3.63) is 100 Å². The van der Waals surface area contributed by atoms with E-state index in [2.05, 4.69) is 19.9 Å². The topological polar surface area (TPSA) is 79.7 Å². The molecular formula is C39H42F3NO4S2. The second kappa shape index (κ2) is 14.2. The van der Waals surface area contributed by atoms with Crippen molar-refractivity contribution in [1.29, 1.82) is 0 Å². The lowest BCUT2D eigenvalue weighted by Crippen LogP contribution is -2.46. The number of halogens is 3. The molecule has 0 spiro atoms. The molecule has 1 saturated carbocycles. The Hall–Kier alpha value is -3.18. The standard InChI is InChI=1S/C39H42F3NO4S2/c1-4-47-29-13-15-33-34(22-29)49-36(43-33)48-23-38(46)18-16-32-30-14-11-25(19-28(44)12-10-24(2)7-6-17-37(32,38)3)20-31(30)35(45)26-8-5-9-27(21-26)39(40,41)42/h5,7-9,11,13-15,20-22,28,32,44,46H,4,6,10,12,16-19,23H2,1-3H3/t28-,32-,37-,38+/m0/s1. The van der Waals surface area contributed by atoms with Gasteiger partial charge in [0, 0.05) is 22.3 Å². The summed E-state index contributed by atoms with van der Waals surface area (Å²) in [5, 5.41) is 23.5. The fourth-order valence-electron chi connectivity index (χ4n) is 7.55. The molecule has 10 heteroatoms. The third-order valence-corrected chi connectivity index (χ3v) is 12.8. The molecule has 0 saturated heterocycles. The van der Waals surface area contributed by atoms with Gasteiger partial charge in [0.1, 0.15) is 5.75 Å². The van der Waals surface area contributed by atoms with Gasteiger partial charge in [-0.25, -0.2) is 4.98 Å². The zero-order valence-electron chi connectivity index (χ0n) is 28.0. The van der Waals surface area contributed by atoms with Gasteiger partial charge in [-0.2, -0.15) is 13.2 Å². The average molecular weight is 710 g/mol. The van der Waals surface area contributed by atoms with E-state index in [-0.39, 0.29) is 11.5 Å². The molecule has 3 aromatic carbocycles. The van der Waals surface area contributed by atoms with Crippen molar-refractivity contribution in [1.82, 2.24) is 4.98 Å². The highest BCUT2D eigenvalue weighted by Crippen LogP contribution is 2.60. The summed E-state index contributed by atoms with van der Waals surface area (Å²) in [5.74, 6) is 0.470. The largest absolute Gasteiger partial charge is 0.494 e. The lowest BCUT2D eigenvalue weighted by Gasteiger charge is -2.44. The van der Waals surface area contributed by atoms with Gasteiger partial charge in [-0.3, -0.25) is 4.79 Å². The summed E-state index contributed by atoms with van der Waals surface area (Å²) in [6.07, 6.45) is 1.04. The first-order valence-electron chi connectivity index (χ1n) is 16.9. The normalized spacial score (nSPS) is 24.8. The number of ether oxygens (including phenoxy) is 1. The molecule has 1 aromatic heterocycles. The highest BCUT2D eigenvalue weighted by atomic mass is 32.2. The number of fused-ring (bicyclic) bond motifs is 9. The van der Waals surface area contributed by atoms with E-state index >= 15 is 0 Å². The highest BCUT2D eigenvalue weighted by Gasteiger charge is 2.56. The predicted molar refractivity (Wildman–Crippen MR) is 190 cm³/mol. The third kappa shape index (κ3) is 7.48. The molecule has 0 amide bonds. The number of hydrogen-bond donors (Lipinski definition) is 2. The van der Waals surface area contributed by atoms with Gasteiger partial charge in [-0.1, -0.05) is 54.6 Å². The summed E-state index contributed by atoms with van der Waals surface area (Å²) in [7, 11) is 0. The maximum absolute atomic E-state index is 14.2. The number of ketones is 1. The first kappa shape index (κ1) is 35.6. The van der Waals surface area contributed by atoms with Crippen LogP contribution in [0, 0.1) is 5.41 Å². The predicted octanol–water partition coefficient (Wildman–Crippen LogP) is 9.78. The van der Waals surface area contributed by atoms with Crippen LogP contribution >= 0.6 is 23.1 Å². The van der Waals surface area contributed by atoms with Gasteiger partial charge in [0.05, 0.1) is 34.1 Å². The van der Waals surface area contributed by atoms with Gasteiger partial charge in [0.2, 0.25) is 0 Å². The van der Waals surface area contributed by atoms with Crippen LogP contribution in [-0.4, -0.2) is 45.0 Å². The van der Waals surface area contributed by atoms with Gasteiger partial charge in [-0.15, -0.1) is 11.3 Å². The molecule has 3 aliphatic carbocycles. The molecule has 0 radical (unpaired) electrons. The molecule has 7 rings (SSSR count). The number of aliphatic hydroxyl groups excluding tert-OH is 1. The van der Waals surface area contributed by atoms with Crippen LogP contribution in [0.3, 0.4) is 0 Å². The minimum absolute atomic E-state index is 0.0395. The van der Waals surface area contributed by atoms with Crippen molar-refractivity contribution in [2.24, 2.45) is 5.41 Å². The number of rotatable bonds is 7. The quantitative estimate of drug-likeness (QED) is 0.113. The number of benzene rings is 3. The van der Waals surface area contributed by atoms with Crippen molar-refractivity contribution >= 4 is 39.1 Å². The van der Waals surface area contributed by atoms with Crippen LogP contribution in [0.2, 0.25) is 0 Å². The van der Waals surface area contributed by atoms with Gasteiger partial charge in [0.25, 0.3) is 0 Å². The zero-order chi connectivity index (χ0) is 35.0. The number of aromatic nitrogens is 1. The Balaban J connectivity index is 1.38. The van der Waals surface area contributed by atoms with Crippen molar-refractivity contribution < 1.29 is 32.9 Å². The molecule has 260 valence electrons. The first-order chi connectivity index (χ1) is 23.3. The average Bonchev–Trinajstić information content (AvgIpc) is 3.59. The number of carbonyl (C=O) groups is 1. The molecule has 0 aliphatic heterocycles. The molecule has 5 nitrogen and oxygen atoms in total. The molecule has 4 aromatic rings. The van der Waals surface area contributed by atoms with E-state index in [1.807, 2.05) is 37.3 Å². The molecule has 49 heavy (non-hydrogen) atoms. The Morgan fingerprint density at radius 1 is 1.10 bits per heavy atom. The van der Waals surface area contributed by atoms with Crippen LogP contribution in [0.25, 0.3) is 10.2 Å². The number of thiazole rings is 1. The molecule has 1 heterocycles. The van der Waals surface area contributed by atoms with Gasteiger partial charge in [-0.05, 0) is 112 Å². The number of carbonyl (C=O) groups excluding carboxylic acids is 1. The minimum Gasteiger partial charge on any atom is -0.494 e. The molecule has 2 bridgehead atoms. The van der Waals surface area contributed by atoms with E-state index < -0.39 is 34.6 Å². The van der Waals surface area contributed by atoms with E-state index in [1.165, 1.54) is 29.5 Å². The zero-order valence-corrected chi connectivity index (χ0v) is 29.6. The monoisotopic (exact) mass is 709 g/mol. The summed E-state index contributed by atoms with van der Waals surface area (Å²) in [5.41, 5.74) is 1.17. The van der Waals surface area contributed by atoms with E-state index in [9.17, 15) is 28.2 Å². The molecule has 4 atom stereocenters. The van der Waals surface area contributed by atoms with Crippen LogP contribution in [0.4, 0.5) is 13.2 Å². The van der Waals surface area contributed by atoms with E-state index in [4.69, 9.17) is 9.72 Å². The second-order valence-electron chi connectivity index (χ2n) is 13.7. The van der Waals surface area contributed by atoms with Crippen molar-refractivity contribution in [2.75, 3.05) is 12.4 Å². The Bertz CT molecular complexity index is 1870. The lowest BCUT2D eigenvalue weighted by molar-refractivity contribution is -0.137. The maximum atomic E-state index is 14.2. The summed E-state index contributed by atoms with van der Waals surface area (Å²) in [4.78, 5) is 19.0. The summed E-state index contributed by atoms with van der Waals surface area (Å²) in [6, 6.07) is 16.0. The van der Waals surface area contributed by atoms with Crippen LogP contribution < -0.4 is 4.74 Å². The first-order valence-corrected chi connectivity index (χ1v) is 18.7. The molecule has 2 N–H and O–H groups in total. The van der Waals surface area contributed by atoms with Crippen LogP contribution in [0.15, 0.2) is 76.7 Å². The molecule has 1 fully saturated rings. The Kier molecular flexibility index (Phi) is 10.3. The summed E-state index contributed by atoms with van der Waals surface area (Å²) < 4.78 is 48.5. The Morgan fingerprint density at radius 3 is 2.69 bits per heavy atom. The number of aliphatic hydroxyl groups is 2. The second-order valence-corrected chi connectivity index (χ2v) is 15.9. The van der Waals surface area contributed by atoms with Crippen LogP contribution in [0.5, 0.6) is 5.75 Å².